The number of nitrogens with one attached hydrogen (secondary N) is 1. The third-order valence-corrected chi connectivity index (χ3v) is 6.07. The molecule has 0 saturated carbocycles. The topological polar surface area (TPSA) is 29.1 Å². The van der Waals surface area contributed by atoms with E-state index in [0.717, 1.165) is 49.9 Å². The molecule has 0 heterocycles. The molecule has 0 radical (unpaired) electrons. The third-order valence-electron chi connectivity index (χ3n) is 5.71. The molecule has 160 valence electrons. The Balaban J connectivity index is 2.56. The number of rotatable bonds is 11. The summed E-state index contributed by atoms with van der Waals surface area (Å²) >= 11 is 4.66. The Morgan fingerprint density at radius 2 is 1.68 bits per heavy atom. The summed E-state index contributed by atoms with van der Waals surface area (Å²) in [6.07, 6.45) is 2.86. The van der Waals surface area contributed by atoms with Crippen molar-refractivity contribution in [2.45, 2.75) is 85.1 Å². The van der Waals surface area contributed by atoms with Crippen LogP contribution in [0.1, 0.15) is 73.3 Å². The molecule has 0 bridgehead atoms. The lowest BCUT2D eigenvalue weighted by atomic mass is 9.84. The van der Waals surface area contributed by atoms with Crippen LogP contribution in [-0.4, -0.2) is 40.8 Å². The molecule has 0 aliphatic heterocycles. The number of thiol groups is 1. The van der Waals surface area contributed by atoms with E-state index in [9.17, 15) is 4.79 Å². The van der Waals surface area contributed by atoms with Crippen LogP contribution in [0.2, 0.25) is 0 Å². The minimum atomic E-state index is -0.632. The highest BCUT2D eigenvalue weighted by Crippen LogP contribution is 2.31. The van der Waals surface area contributed by atoms with Gasteiger partial charge < -0.3 is 9.80 Å². The van der Waals surface area contributed by atoms with Gasteiger partial charge >= 0.3 is 0 Å². The highest BCUT2D eigenvalue weighted by Gasteiger charge is 2.34. The average Bonchev–Trinajstić information content (AvgIpc) is 2.59. The molecule has 1 N–H and O–H groups in total. The molecular weight excluding hydrogens is 364 g/mol. The van der Waals surface area contributed by atoms with E-state index in [-0.39, 0.29) is 17.4 Å². The lowest BCUT2D eigenvalue weighted by molar-refractivity contribution is -0.938. The number of benzene rings is 1. The zero-order valence-corrected chi connectivity index (χ0v) is 20.1. The minimum Gasteiger partial charge on any atom is -0.352 e. The monoisotopic (exact) mass is 407 g/mol. The molecular formula is C24H43N2OS+. The van der Waals surface area contributed by atoms with Gasteiger partial charge in [0.2, 0.25) is 5.91 Å². The first-order valence-corrected chi connectivity index (χ1v) is 11.3. The van der Waals surface area contributed by atoms with Gasteiger partial charge in [-0.25, -0.2) is 0 Å². The van der Waals surface area contributed by atoms with Gasteiger partial charge in [0.25, 0.3) is 0 Å². The van der Waals surface area contributed by atoms with E-state index in [2.05, 4.69) is 89.8 Å². The van der Waals surface area contributed by atoms with Gasteiger partial charge in [-0.15, -0.1) is 0 Å². The lowest BCUT2D eigenvalue weighted by Crippen LogP contribution is -2.49. The van der Waals surface area contributed by atoms with Crippen molar-refractivity contribution in [2.24, 2.45) is 5.41 Å². The highest BCUT2D eigenvalue weighted by molar-refractivity contribution is 7.82. The molecule has 1 amide bonds. The molecule has 0 spiro atoms. The molecule has 2 atom stereocenters. The van der Waals surface area contributed by atoms with Crippen molar-refractivity contribution in [3.8, 4) is 0 Å². The average molecular weight is 408 g/mol. The van der Waals surface area contributed by atoms with E-state index in [1.54, 1.807) is 0 Å². The zero-order valence-electron chi connectivity index (χ0n) is 19.2. The fraction of sp³-hybridized carbons (Fsp3) is 0.708. The van der Waals surface area contributed by atoms with E-state index in [0.29, 0.717) is 0 Å². The quantitative estimate of drug-likeness (QED) is 0.370. The molecule has 0 aromatic heterocycles. The molecule has 4 heteroatoms. The fourth-order valence-corrected chi connectivity index (χ4v) is 4.65. The normalized spacial score (nSPS) is 15.7. The van der Waals surface area contributed by atoms with Crippen molar-refractivity contribution in [1.82, 2.24) is 5.32 Å². The molecule has 0 aliphatic rings. The Hall–Kier alpha value is -1.00. The number of hydrogen-bond donors (Lipinski definition) is 2. The van der Waals surface area contributed by atoms with Gasteiger partial charge in [0.1, 0.15) is 6.54 Å². The lowest BCUT2D eigenvalue weighted by Gasteiger charge is -2.37. The summed E-state index contributed by atoms with van der Waals surface area (Å²) < 4.78 is 0.464. The summed E-state index contributed by atoms with van der Waals surface area (Å²) in [6, 6.07) is 11.0. The maximum Gasteiger partial charge on any atom is 0.235 e. The third kappa shape index (κ3) is 8.57. The molecule has 0 aliphatic carbocycles. The predicted molar refractivity (Wildman–Crippen MR) is 125 cm³/mol. The van der Waals surface area contributed by atoms with Crippen molar-refractivity contribution in [1.29, 1.82) is 0 Å². The van der Waals surface area contributed by atoms with Gasteiger partial charge in [0.15, 0.2) is 0 Å². The van der Waals surface area contributed by atoms with Gasteiger partial charge in [-0.2, -0.15) is 12.6 Å². The Labute approximate surface area is 179 Å². The molecule has 2 unspecified atom stereocenters. The largest absolute Gasteiger partial charge is 0.352 e. The Kier molecular flexibility index (Phi) is 9.55. The maximum atomic E-state index is 12.7. The fourth-order valence-electron chi connectivity index (χ4n) is 4.11. The Bertz CT molecular complexity index is 588. The van der Waals surface area contributed by atoms with Crippen molar-refractivity contribution < 1.29 is 9.28 Å². The number of carbonyl (C=O) groups excluding carboxylic acids is 1. The van der Waals surface area contributed by atoms with E-state index in [1.807, 2.05) is 6.92 Å². The van der Waals surface area contributed by atoms with Gasteiger partial charge in [0.05, 0.1) is 24.4 Å². The van der Waals surface area contributed by atoms with Crippen LogP contribution in [0.25, 0.3) is 0 Å². The van der Waals surface area contributed by atoms with Gasteiger partial charge in [0, 0.05) is 11.6 Å². The molecule has 28 heavy (non-hydrogen) atoms. The smallest absolute Gasteiger partial charge is 0.235 e. The first-order chi connectivity index (χ1) is 12.9. The number of amides is 1. The summed E-state index contributed by atoms with van der Waals surface area (Å²) in [5.74, 6) is 0.0503. The second-order valence-electron chi connectivity index (χ2n) is 9.87. The van der Waals surface area contributed by atoms with Crippen molar-refractivity contribution in [2.75, 3.05) is 19.6 Å². The number of quaternary nitrogens is 1. The molecule has 3 nitrogen and oxygen atoms in total. The summed E-state index contributed by atoms with van der Waals surface area (Å²) in [4.78, 5) is 12.7. The van der Waals surface area contributed by atoms with Crippen LogP contribution in [0.3, 0.4) is 0 Å². The molecule has 1 rings (SSSR count). The second-order valence-corrected chi connectivity index (χ2v) is 10.9. The number of nitrogens with zero attached hydrogens (tertiary/aromatic N) is 1. The first-order valence-electron chi connectivity index (χ1n) is 10.9. The van der Waals surface area contributed by atoms with Crippen LogP contribution in [0.4, 0.5) is 0 Å². The second kappa shape index (κ2) is 10.7. The van der Waals surface area contributed by atoms with Crippen LogP contribution < -0.4 is 5.32 Å². The van der Waals surface area contributed by atoms with E-state index < -0.39 is 4.75 Å². The molecule has 0 fully saturated rings. The van der Waals surface area contributed by atoms with E-state index in [1.165, 1.54) is 5.56 Å². The van der Waals surface area contributed by atoms with Crippen LogP contribution in [0.15, 0.2) is 30.3 Å². The SMILES string of the molecule is CC[N+](CC)(CCCC(C)NC(=O)C(C)(S)CC(C)(C)C)Cc1ccccc1. The van der Waals surface area contributed by atoms with E-state index >= 15 is 0 Å². The summed E-state index contributed by atoms with van der Waals surface area (Å²) in [5, 5.41) is 3.19. The van der Waals surface area contributed by atoms with Crippen molar-refractivity contribution in [3.05, 3.63) is 35.9 Å². The summed E-state index contributed by atoms with van der Waals surface area (Å²) in [6.45, 7) is 19.6. The molecule has 0 saturated heterocycles. The summed E-state index contributed by atoms with van der Waals surface area (Å²) in [5.41, 5.74) is 1.48. The van der Waals surface area contributed by atoms with Gasteiger partial charge in [-0.1, -0.05) is 51.1 Å². The van der Waals surface area contributed by atoms with Gasteiger partial charge in [-0.3, -0.25) is 4.79 Å². The van der Waals surface area contributed by atoms with Crippen LogP contribution >= 0.6 is 12.6 Å². The van der Waals surface area contributed by atoms with Crippen LogP contribution in [0.5, 0.6) is 0 Å². The zero-order chi connectivity index (χ0) is 21.4. The number of hydrogen-bond acceptors (Lipinski definition) is 2. The van der Waals surface area contributed by atoms with Crippen molar-refractivity contribution in [3.63, 3.8) is 0 Å². The van der Waals surface area contributed by atoms with Crippen LogP contribution in [-0.2, 0) is 11.3 Å². The minimum absolute atomic E-state index is 0.0503. The van der Waals surface area contributed by atoms with Crippen molar-refractivity contribution >= 4 is 18.5 Å². The first kappa shape index (κ1) is 25.0. The Morgan fingerprint density at radius 3 is 2.18 bits per heavy atom. The summed E-state index contributed by atoms with van der Waals surface area (Å²) in [7, 11) is 0. The van der Waals surface area contributed by atoms with E-state index in [4.69, 9.17) is 0 Å². The van der Waals surface area contributed by atoms with Gasteiger partial charge in [-0.05, 0) is 52.4 Å². The highest BCUT2D eigenvalue weighted by atomic mass is 32.1. The maximum absolute atomic E-state index is 12.7. The molecule has 1 aromatic carbocycles. The molecule has 1 aromatic rings. The van der Waals surface area contributed by atoms with Crippen LogP contribution in [0, 0.1) is 5.41 Å². The predicted octanol–water partition coefficient (Wildman–Crippen LogP) is 5.45. The standard InChI is InChI=1S/C24H42N2OS/c1-8-26(9-2,18-21-15-11-10-12-16-21)17-13-14-20(3)25-22(27)24(7,28)19-23(4,5)6/h10-12,15-16,20H,8-9,13-14,17-19H2,1-7H3,(H-,25,27,28)/p+1. The Morgan fingerprint density at radius 1 is 1.11 bits per heavy atom. The number of carbonyl (C=O) groups is 1.